The van der Waals surface area contributed by atoms with E-state index in [4.69, 9.17) is 5.73 Å². The van der Waals surface area contributed by atoms with Crippen molar-refractivity contribution in [1.29, 1.82) is 10.5 Å². The first kappa shape index (κ1) is 16.4. The van der Waals surface area contributed by atoms with Crippen molar-refractivity contribution in [2.75, 3.05) is 5.73 Å². The van der Waals surface area contributed by atoms with Crippen molar-refractivity contribution in [3.05, 3.63) is 76.5 Å². The van der Waals surface area contributed by atoms with E-state index in [2.05, 4.69) is 27.7 Å². The fraction of sp³-hybridized carbons (Fsp3) is 0.0952. The number of benzene rings is 2. The molecule has 0 amide bonds. The summed E-state index contributed by atoms with van der Waals surface area (Å²) < 4.78 is 0. The Morgan fingerprint density at radius 1 is 1.04 bits per heavy atom. The summed E-state index contributed by atoms with van der Waals surface area (Å²) in [4.78, 5) is 0. The van der Waals surface area contributed by atoms with Crippen LogP contribution in [0.3, 0.4) is 0 Å². The van der Waals surface area contributed by atoms with Crippen LogP contribution in [0.5, 0.6) is 0 Å². The largest absolute Gasteiger partial charge is 0.382 e. The first-order chi connectivity index (χ1) is 13.1. The average molecular weight is 352 g/mol. The number of nitrogens with one attached hydrogen (secondary N) is 2. The second-order valence-electron chi connectivity index (χ2n) is 6.39. The van der Waals surface area contributed by atoms with E-state index in [1.165, 1.54) is 0 Å². The summed E-state index contributed by atoms with van der Waals surface area (Å²) in [6.45, 7) is 1.85. The van der Waals surface area contributed by atoms with Crippen molar-refractivity contribution in [3.8, 4) is 12.1 Å². The van der Waals surface area contributed by atoms with Gasteiger partial charge in [-0.3, -0.25) is 5.10 Å². The molecule has 2 aromatic carbocycles. The molecule has 1 aromatic heterocycles. The molecule has 1 unspecified atom stereocenters. The Kier molecular flexibility index (Phi) is 3.87. The first-order valence-electron chi connectivity index (χ1n) is 8.45. The maximum absolute atomic E-state index is 9.96. The zero-order valence-electron chi connectivity index (χ0n) is 14.6. The number of aromatic amines is 1. The van der Waals surface area contributed by atoms with Crippen molar-refractivity contribution in [1.82, 2.24) is 15.5 Å². The lowest BCUT2D eigenvalue weighted by molar-refractivity contribution is 0.880. The lowest BCUT2D eigenvalue weighted by atomic mass is 9.80. The Bertz CT molecular complexity index is 1180. The highest BCUT2D eigenvalue weighted by Crippen LogP contribution is 2.40. The first-order valence-corrected chi connectivity index (χ1v) is 8.45. The van der Waals surface area contributed by atoms with Gasteiger partial charge in [0.1, 0.15) is 0 Å². The molecule has 27 heavy (non-hydrogen) atoms. The van der Waals surface area contributed by atoms with Crippen molar-refractivity contribution in [2.24, 2.45) is 0 Å². The van der Waals surface area contributed by atoms with Crippen LogP contribution < -0.4 is 11.1 Å². The van der Waals surface area contributed by atoms with Crippen LogP contribution in [0.4, 0.5) is 5.82 Å². The van der Waals surface area contributed by atoms with Crippen LogP contribution in [-0.4, -0.2) is 10.2 Å². The maximum atomic E-state index is 9.96. The Morgan fingerprint density at radius 2 is 1.78 bits per heavy atom. The number of hydrogen-bond acceptors (Lipinski definition) is 5. The Balaban J connectivity index is 1.96. The summed E-state index contributed by atoms with van der Waals surface area (Å²) in [5.41, 5.74) is 11.0. The average Bonchev–Trinajstić information content (AvgIpc) is 3.08. The number of aromatic nitrogens is 2. The number of nitrogens with two attached hydrogens (primary N) is 1. The molecule has 3 aromatic rings. The number of rotatable bonds is 2. The van der Waals surface area contributed by atoms with Crippen molar-refractivity contribution < 1.29 is 0 Å². The number of nitrogens with zero attached hydrogens (tertiary/aromatic N) is 3. The minimum atomic E-state index is -0.463. The second kappa shape index (κ2) is 6.36. The monoisotopic (exact) mass is 352 g/mol. The third kappa shape index (κ3) is 2.61. The van der Waals surface area contributed by atoms with E-state index in [9.17, 15) is 10.5 Å². The summed E-state index contributed by atoms with van der Waals surface area (Å²) in [6, 6.07) is 19.9. The standard InChI is InChI=1S/C21H16N6/c1-12-16(10-22)19(14-7-8-18-15(9-14)21(24)27-26-18)17(11-23)20(25-12)13-5-3-2-4-6-13/h2-9,19,25H,1H3,(H3,24,26,27). The van der Waals surface area contributed by atoms with E-state index >= 15 is 0 Å². The number of H-pyrrole nitrogens is 1. The normalized spacial score (nSPS) is 16.8. The number of hydrogen-bond donors (Lipinski definition) is 3. The van der Waals surface area contributed by atoms with Gasteiger partial charge in [-0.1, -0.05) is 36.4 Å². The fourth-order valence-electron chi connectivity index (χ4n) is 3.49. The van der Waals surface area contributed by atoms with Gasteiger partial charge < -0.3 is 11.1 Å². The number of nitrogen functional groups attached to an aromatic ring is 1. The molecule has 0 bridgehead atoms. The fourth-order valence-corrected chi connectivity index (χ4v) is 3.49. The number of nitriles is 2. The van der Waals surface area contributed by atoms with E-state index in [-0.39, 0.29) is 0 Å². The molecule has 0 aliphatic carbocycles. The van der Waals surface area contributed by atoms with E-state index < -0.39 is 5.92 Å². The minimum absolute atomic E-state index is 0.394. The third-order valence-corrected chi connectivity index (χ3v) is 4.82. The summed E-state index contributed by atoms with van der Waals surface area (Å²) >= 11 is 0. The topological polar surface area (TPSA) is 114 Å². The highest BCUT2D eigenvalue weighted by molar-refractivity contribution is 5.90. The molecule has 1 atom stereocenters. The highest BCUT2D eigenvalue weighted by Gasteiger charge is 2.31. The van der Waals surface area contributed by atoms with Gasteiger partial charge in [0.05, 0.1) is 40.4 Å². The third-order valence-electron chi connectivity index (χ3n) is 4.82. The van der Waals surface area contributed by atoms with Gasteiger partial charge >= 0.3 is 0 Å². The molecule has 0 radical (unpaired) electrons. The van der Waals surface area contributed by atoms with E-state index in [0.717, 1.165) is 33.4 Å². The molecule has 1 aliphatic heterocycles. The van der Waals surface area contributed by atoms with Gasteiger partial charge in [-0.25, -0.2) is 0 Å². The van der Waals surface area contributed by atoms with E-state index in [0.29, 0.717) is 17.0 Å². The molecule has 1 aliphatic rings. The Morgan fingerprint density at radius 3 is 2.48 bits per heavy atom. The SMILES string of the molecule is CC1=C(C#N)C(c2ccc3[nH]nc(N)c3c2)C(C#N)=C(c2ccccc2)N1. The lowest BCUT2D eigenvalue weighted by Gasteiger charge is -2.28. The molecule has 6 nitrogen and oxygen atoms in total. The van der Waals surface area contributed by atoms with Crippen LogP contribution in [0, 0.1) is 22.7 Å². The molecule has 6 heteroatoms. The van der Waals surface area contributed by atoms with Crippen molar-refractivity contribution in [2.45, 2.75) is 12.8 Å². The minimum Gasteiger partial charge on any atom is -0.382 e. The van der Waals surface area contributed by atoms with E-state index in [1.807, 2.05) is 55.5 Å². The molecular weight excluding hydrogens is 336 g/mol. The number of fused-ring (bicyclic) bond motifs is 1. The molecule has 0 spiro atoms. The smallest absolute Gasteiger partial charge is 0.153 e. The van der Waals surface area contributed by atoms with Crippen LogP contribution in [0.1, 0.15) is 24.0 Å². The Labute approximate surface area is 156 Å². The summed E-state index contributed by atoms with van der Waals surface area (Å²) in [7, 11) is 0. The van der Waals surface area contributed by atoms with Gasteiger partial charge in [0.15, 0.2) is 5.82 Å². The van der Waals surface area contributed by atoms with Crippen LogP contribution >= 0.6 is 0 Å². The lowest BCUT2D eigenvalue weighted by Crippen LogP contribution is -2.24. The highest BCUT2D eigenvalue weighted by atomic mass is 15.1. The van der Waals surface area contributed by atoms with Gasteiger partial charge in [-0.05, 0) is 30.2 Å². The Hall–Kier alpha value is -4.03. The molecule has 130 valence electrons. The van der Waals surface area contributed by atoms with Crippen LogP contribution in [0.2, 0.25) is 0 Å². The van der Waals surface area contributed by atoms with Gasteiger partial charge in [-0.15, -0.1) is 0 Å². The molecule has 2 heterocycles. The zero-order chi connectivity index (χ0) is 19.0. The molecule has 0 saturated heterocycles. The molecule has 0 saturated carbocycles. The van der Waals surface area contributed by atoms with Crippen molar-refractivity contribution in [3.63, 3.8) is 0 Å². The van der Waals surface area contributed by atoms with Gasteiger partial charge in [0.25, 0.3) is 0 Å². The maximum Gasteiger partial charge on any atom is 0.153 e. The van der Waals surface area contributed by atoms with Crippen LogP contribution in [0.25, 0.3) is 16.6 Å². The summed E-state index contributed by atoms with van der Waals surface area (Å²) in [6.07, 6.45) is 0. The van der Waals surface area contributed by atoms with E-state index in [1.54, 1.807) is 0 Å². The molecular formula is C21H16N6. The van der Waals surface area contributed by atoms with Gasteiger partial charge in [-0.2, -0.15) is 15.6 Å². The number of allylic oxidation sites excluding steroid dienone is 3. The molecule has 0 fully saturated rings. The number of dihydropyridines is 1. The summed E-state index contributed by atoms with van der Waals surface area (Å²) in [5.74, 6) is -0.0686. The predicted molar refractivity (Wildman–Crippen MR) is 104 cm³/mol. The second-order valence-corrected chi connectivity index (χ2v) is 6.39. The molecule has 4 rings (SSSR count). The van der Waals surface area contributed by atoms with Crippen LogP contribution in [-0.2, 0) is 0 Å². The van der Waals surface area contributed by atoms with Gasteiger partial charge in [0, 0.05) is 11.1 Å². The van der Waals surface area contributed by atoms with Gasteiger partial charge in [0.2, 0.25) is 0 Å². The van der Waals surface area contributed by atoms with Crippen molar-refractivity contribution >= 4 is 22.4 Å². The quantitative estimate of drug-likeness (QED) is 0.652. The summed E-state index contributed by atoms with van der Waals surface area (Å²) in [5, 5.41) is 30.6. The zero-order valence-corrected chi connectivity index (χ0v) is 14.6. The predicted octanol–water partition coefficient (Wildman–Crippen LogP) is 3.56. The number of anilines is 1. The van der Waals surface area contributed by atoms with Crippen LogP contribution in [0.15, 0.2) is 65.4 Å². The molecule has 4 N–H and O–H groups in total.